The van der Waals surface area contributed by atoms with Crippen molar-refractivity contribution in [1.82, 2.24) is 15.5 Å². The summed E-state index contributed by atoms with van der Waals surface area (Å²) in [7, 11) is 0. The number of likely N-dealkylation sites (tertiary alicyclic amines) is 1. The van der Waals surface area contributed by atoms with Crippen molar-refractivity contribution < 1.29 is 24.6 Å². The van der Waals surface area contributed by atoms with E-state index < -0.39 is 18.0 Å². The number of rotatable bonds is 4. The van der Waals surface area contributed by atoms with Crippen LogP contribution in [-0.2, 0) is 9.59 Å². The molecule has 0 spiro atoms. The number of carboxylic acids is 1. The first-order valence-electron chi connectivity index (χ1n) is 7.19. The number of aliphatic hydroxyl groups is 1. The van der Waals surface area contributed by atoms with Crippen molar-refractivity contribution >= 4 is 17.9 Å². The third-order valence-electron chi connectivity index (χ3n) is 4.12. The molecule has 2 aliphatic rings. The summed E-state index contributed by atoms with van der Waals surface area (Å²) >= 11 is 0. The van der Waals surface area contributed by atoms with Gasteiger partial charge < -0.3 is 25.7 Å². The molecule has 0 radical (unpaired) electrons. The molecule has 2 fully saturated rings. The molecule has 21 heavy (non-hydrogen) atoms. The van der Waals surface area contributed by atoms with E-state index in [2.05, 4.69) is 10.6 Å². The SMILES string of the molecule is O=C1CCC2CN(C(=O)N[C@@H](CCO)C(=O)O)CCC2N1. The summed E-state index contributed by atoms with van der Waals surface area (Å²) in [6.45, 7) is 0.703. The number of nitrogens with zero attached hydrogens (tertiary/aromatic N) is 1. The van der Waals surface area contributed by atoms with E-state index in [9.17, 15) is 14.4 Å². The van der Waals surface area contributed by atoms with Crippen molar-refractivity contribution in [1.29, 1.82) is 0 Å². The summed E-state index contributed by atoms with van der Waals surface area (Å²) in [6, 6.07) is -1.39. The highest BCUT2D eigenvalue weighted by Crippen LogP contribution is 2.25. The molecule has 2 aliphatic heterocycles. The van der Waals surface area contributed by atoms with Gasteiger partial charge in [-0.05, 0) is 18.8 Å². The van der Waals surface area contributed by atoms with Gasteiger partial charge in [0.25, 0.3) is 0 Å². The summed E-state index contributed by atoms with van der Waals surface area (Å²) in [6.07, 6.45) is 1.89. The lowest BCUT2D eigenvalue weighted by Crippen LogP contribution is -2.58. The van der Waals surface area contributed by atoms with Gasteiger partial charge in [0, 0.05) is 38.6 Å². The van der Waals surface area contributed by atoms with Crippen molar-refractivity contribution in [3.8, 4) is 0 Å². The lowest BCUT2D eigenvalue weighted by Gasteiger charge is -2.41. The highest BCUT2D eigenvalue weighted by Gasteiger charge is 2.36. The van der Waals surface area contributed by atoms with Gasteiger partial charge in [-0.25, -0.2) is 9.59 Å². The summed E-state index contributed by atoms with van der Waals surface area (Å²) in [4.78, 5) is 36.0. The van der Waals surface area contributed by atoms with E-state index in [1.807, 2.05) is 0 Å². The number of nitrogens with one attached hydrogen (secondary N) is 2. The normalized spacial score (nSPS) is 26.5. The van der Waals surface area contributed by atoms with Gasteiger partial charge in [-0.3, -0.25) is 4.79 Å². The zero-order chi connectivity index (χ0) is 15.4. The Morgan fingerprint density at radius 1 is 1.43 bits per heavy atom. The molecule has 0 aromatic carbocycles. The van der Waals surface area contributed by atoms with E-state index in [0.29, 0.717) is 25.9 Å². The van der Waals surface area contributed by atoms with Crippen LogP contribution in [0.1, 0.15) is 25.7 Å². The van der Waals surface area contributed by atoms with Crippen molar-refractivity contribution in [2.75, 3.05) is 19.7 Å². The van der Waals surface area contributed by atoms with E-state index in [4.69, 9.17) is 10.2 Å². The maximum absolute atomic E-state index is 12.1. The Labute approximate surface area is 122 Å². The molecule has 2 saturated heterocycles. The number of carboxylic acid groups (broad SMARTS) is 1. The maximum Gasteiger partial charge on any atom is 0.326 e. The standard InChI is InChI=1S/C13H21N3O5/c17-6-4-10(12(19)20)15-13(21)16-5-3-9-8(7-16)1-2-11(18)14-9/h8-10,17H,1-7H2,(H,14,18)(H,15,21)(H,19,20)/t8?,9?,10-/m0/s1. The molecule has 118 valence electrons. The second kappa shape index (κ2) is 6.75. The fraction of sp³-hybridized carbons (Fsp3) is 0.769. The number of aliphatic carboxylic acids is 1. The second-order valence-electron chi connectivity index (χ2n) is 5.56. The minimum Gasteiger partial charge on any atom is -0.480 e. The summed E-state index contributed by atoms with van der Waals surface area (Å²) in [5.74, 6) is -0.872. The van der Waals surface area contributed by atoms with Crippen LogP contribution in [0.25, 0.3) is 0 Å². The van der Waals surface area contributed by atoms with E-state index in [1.54, 1.807) is 4.90 Å². The molecule has 4 N–H and O–H groups in total. The van der Waals surface area contributed by atoms with Gasteiger partial charge in [-0.15, -0.1) is 0 Å². The Hall–Kier alpha value is -1.83. The zero-order valence-corrected chi connectivity index (χ0v) is 11.7. The van der Waals surface area contributed by atoms with Crippen LogP contribution in [0.4, 0.5) is 4.79 Å². The van der Waals surface area contributed by atoms with Crippen LogP contribution < -0.4 is 10.6 Å². The lowest BCUT2D eigenvalue weighted by atomic mass is 9.85. The van der Waals surface area contributed by atoms with Crippen molar-refractivity contribution in [3.63, 3.8) is 0 Å². The smallest absolute Gasteiger partial charge is 0.326 e. The zero-order valence-electron chi connectivity index (χ0n) is 11.7. The molecule has 8 nitrogen and oxygen atoms in total. The van der Waals surface area contributed by atoms with Crippen molar-refractivity contribution in [2.45, 2.75) is 37.8 Å². The largest absolute Gasteiger partial charge is 0.480 e. The average molecular weight is 299 g/mol. The van der Waals surface area contributed by atoms with Gasteiger partial charge in [0.1, 0.15) is 6.04 Å². The van der Waals surface area contributed by atoms with Crippen LogP contribution in [0.15, 0.2) is 0 Å². The predicted molar refractivity (Wildman–Crippen MR) is 72.5 cm³/mol. The molecule has 0 aromatic heterocycles. The van der Waals surface area contributed by atoms with Crippen LogP contribution in [0, 0.1) is 5.92 Å². The predicted octanol–water partition coefficient (Wildman–Crippen LogP) is -0.868. The number of piperidine rings is 2. The van der Waals surface area contributed by atoms with Gasteiger partial charge in [0.05, 0.1) is 0 Å². The number of hydrogen-bond donors (Lipinski definition) is 4. The monoisotopic (exact) mass is 299 g/mol. The molecular weight excluding hydrogens is 278 g/mol. The molecule has 8 heteroatoms. The average Bonchev–Trinajstić information content (AvgIpc) is 2.45. The topological polar surface area (TPSA) is 119 Å². The van der Waals surface area contributed by atoms with E-state index in [-0.39, 0.29) is 30.9 Å². The quantitative estimate of drug-likeness (QED) is 0.538. The summed E-state index contributed by atoms with van der Waals surface area (Å²) < 4.78 is 0. The third-order valence-corrected chi connectivity index (χ3v) is 4.12. The Morgan fingerprint density at radius 3 is 2.86 bits per heavy atom. The molecule has 2 rings (SSSR count). The van der Waals surface area contributed by atoms with Gasteiger partial charge in [-0.1, -0.05) is 0 Å². The van der Waals surface area contributed by atoms with Gasteiger partial charge >= 0.3 is 12.0 Å². The minimum absolute atomic E-state index is 0.0168. The molecule has 3 atom stereocenters. The molecule has 0 bridgehead atoms. The number of carbonyl (C=O) groups excluding carboxylic acids is 2. The molecule has 2 unspecified atom stereocenters. The summed E-state index contributed by atoms with van der Waals surface area (Å²) in [5, 5.41) is 23.2. The number of hydrogen-bond acceptors (Lipinski definition) is 4. The first-order chi connectivity index (χ1) is 10.0. The highest BCUT2D eigenvalue weighted by atomic mass is 16.4. The number of aliphatic hydroxyl groups excluding tert-OH is 1. The number of urea groups is 1. The van der Waals surface area contributed by atoms with E-state index >= 15 is 0 Å². The molecule has 0 aromatic rings. The van der Waals surface area contributed by atoms with E-state index in [0.717, 1.165) is 6.42 Å². The molecule has 0 saturated carbocycles. The van der Waals surface area contributed by atoms with Crippen LogP contribution in [0.3, 0.4) is 0 Å². The van der Waals surface area contributed by atoms with Crippen molar-refractivity contribution in [2.24, 2.45) is 5.92 Å². The maximum atomic E-state index is 12.1. The first kappa shape index (κ1) is 15.6. The molecule has 2 heterocycles. The van der Waals surface area contributed by atoms with Gasteiger partial charge in [0.2, 0.25) is 5.91 Å². The number of carbonyl (C=O) groups is 3. The first-order valence-corrected chi connectivity index (χ1v) is 7.19. The van der Waals surface area contributed by atoms with Crippen molar-refractivity contribution in [3.05, 3.63) is 0 Å². The Morgan fingerprint density at radius 2 is 2.19 bits per heavy atom. The van der Waals surface area contributed by atoms with Crippen LogP contribution in [0.2, 0.25) is 0 Å². The van der Waals surface area contributed by atoms with Gasteiger partial charge in [0.15, 0.2) is 0 Å². The number of fused-ring (bicyclic) bond motifs is 1. The minimum atomic E-state index is -1.16. The molecule has 0 aliphatic carbocycles. The fourth-order valence-electron chi connectivity index (χ4n) is 2.92. The molecule has 3 amide bonds. The fourth-order valence-corrected chi connectivity index (χ4v) is 2.92. The van der Waals surface area contributed by atoms with E-state index in [1.165, 1.54) is 0 Å². The number of amides is 3. The Kier molecular flexibility index (Phi) is 5.00. The Bertz CT molecular complexity index is 428. The van der Waals surface area contributed by atoms with Crippen LogP contribution in [-0.4, -0.2) is 64.8 Å². The van der Waals surface area contributed by atoms with Gasteiger partial charge in [-0.2, -0.15) is 0 Å². The molecular formula is C13H21N3O5. The van der Waals surface area contributed by atoms with Crippen LogP contribution >= 0.6 is 0 Å². The lowest BCUT2D eigenvalue weighted by molar-refractivity contribution is -0.139. The second-order valence-corrected chi connectivity index (χ2v) is 5.56. The Balaban J connectivity index is 1.89. The summed E-state index contributed by atoms with van der Waals surface area (Å²) in [5.41, 5.74) is 0. The third kappa shape index (κ3) is 3.84. The van der Waals surface area contributed by atoms with Crippen LogP contribution in [0.5, 0.6) is 0 Å². The highest BCUT2D eigenvalue weighted by molar-refractivity contribution is 5.82.